The molecule has 0 fully saturated rings. The van der Waals surface area contributed by atoms with Crippen LogP contribution in [0.2, 0.25) is 0 Å². The number of hydrogen-bond donors (Lipinski definition) is 3. The number of rotatable bonds is 4. The van der Waals surface area contributed by atoms with Gasteiger partial charge in [-0.1, -0.05) is 0 Å². The average Bonchev–Trinajstić information content (AvgIpc) is 2.29. The zero-order valence-electron chi connectivity index (χ0n) is 12.3. The predicted molar refractivity (Wildman–Crippen MR) is 72.5 cm³/mol. The molecule has 0 aliphatic heterocycles. The molecule has 0 aliphatic carbocycles. The van der Waals surface area contributed by atoms with E-state index in [1.807, 2.05) is 5.32 Å². The summed E-state index contributed by atoms with van der Waals surface area (Å²) in [6.45, 7) is 4.75. The van der Waals surface area contributed by atoms with Crippen molar-refractivity contribution in [2.75, 3.05) is 0 Å². The second-order valence-corrected chi connectivity index (χ2v) is 5.63. The van der Waals surface area contributed by atoms with Gasteiger partial charge in [-0.25, -0.2) is 18.4 Å². The zero-order valence-corrected chi connectivity index (χ0v) is 12.3. The number of phenolic OH excluding ortho intramolecular Hbond substituents is 1. The summed E-state index contributed by atoms with van der Waals surface area (Å²) in [7, 11) is 0. The second-order valence-electron chi connectivity index (χ2n) is 5.63. The molecule has 1 rings (SSSR count). The van der Waals surface area contributed by atoms with Crippen molar-refractivity contribution in [1.82, 2.24) is 5.32 Å². The van der Waals surface area contributed by atoms with E-state index in [0.717, 1.165) is 0 Å². The van der Waals surface area contributed by atoms with E-state index in [2.05, 4.69) is 0 Å². The van der Waals surface area contributed by atoms with Crippen LogP contribution in [0.1, 0.15) is 26.3 Å². The van der Waals surface area contributed by atoms with Crippen molar-refractivity contribution in [2.24, 2.45) is 0 Å². The van der Waals surface area contributed by atoms with Gasteiger partial charge in [-0.2, -0.15) is 0 Å². The van der Waals surface area contributed by atoms with Crippen LogP contribution in [0.25, 0.3) is 0 Å². The molecule has 1 amide bonds. The Morgan fingerprint density at radius 2 is 1.77 bits per heavy atom. The van der Waals surface area contributed by atoms with Crippen LogP contribution >= 0.6 is 0 Å². The highest BCUT2D eigenvalue weighted by Crippen LogP contribution is 2.21. The minimum absolute atomic E-state index is 0.554. The molecule has 1 unspecified atom stereocenters. The van der Waals surface area contributed by atoms with E-state index in [0.29, 0.717) is 12.1 Å². The molecule has 22 heavy (non-hydrogen) atoms. The van der Waals surface area contributed by atoms with Gasteiger partial charge in [0.25, 0.3) is 0 Å². The highest BCUT2D eigenvalue weighted by Gasteiger charge is 2.26. The SMILES string of the molecule is CC(C)(C)OC(=O)NC(Cc1c(F)cc(O)cc1F)C(=O)O. The van der Waals surface area contributed by atoms with Gasteiger partial charge < -0.3 is 20.3 Å². The minimum Gasteiger partial charge on any atom is -0.508 e. The molecule has 0 spiro atoms. The molecule has 8 heteroatoms. The Morgan fingerprint density at radius 3 is 2.18 bits per heavy atom. The van der Waals surface area contributed by atoms with E-state index in [1.165, 1.54) is 0 Å². The van der Waals surface area contributed by atoms with Crippen molar-refractivity contribution in [3.8, 4) is 5.75 Å². The van der Waals surface area contributed by atoms with Crippen LogP contribution in [0.4, 0.5) is 13.6 Å². The maximum atomic E-state index is 13.6. The molecule has 6 nitrogen and oxygen atoms in total. The summed E-state index contributed by atoms with van der Waals surface area (Å²) in [5.74, 6) is -4.30. The normalized spacial score (nSPS) is 12.6. The number of carbonyl (C=O) groups is 2. The maximum absolute atomic E-state index is 13.6. The monoisotopic (exact) mass is 317 g/mol. The van der Waals surface area contributed by atoms with Gasteiger partial charge in [-0.3, -0.25) is 0 Å². The van der Waals surface area contributed by atoms with Gasteiger partial charge in [0.15, 0.2) is 0 Å². The van der Waals surface area contributed by atoms with Gasteiger partial charge in [0, 0.05) is 24.1 Å². The van der Waals surface area contributed by atoms with E-state index in [9.17, 15) is 18.4 Å². The molecular weight excluding hydrogens is 300 g/mol. The first-order valence-corrected chi connectivity index (χ1v) is 6.39. The number of phenols is 1. The number of nitrogens with one attached hydrogen (secondary N) is 1. The number of carbonyl (C=O) groups excluding carboxylic acids is 1. The van der Waals surface area contributed by atoms with Crippen molar-refractivity contribution < 1.29 is 33.3 Å². The maximum Gasteiger partial charge on any atom is 0.408 e. The molecule has 0 aromatic heterocycles. The van der Waals surface area contributed by atoms with Crippen LogP contribution in [0.15, 0.2) is 12.1 Å². The number of alkyl carbamates (subject to hydrolysis) is 1. The third-order valence-electron chi connectivity index (χ3n) is 2.52. The molecule has 0 saturated carbocycles. The van der Waals surface area contributed by atoms with Crippen LogP contribution in [0.3, 0.4) is 0 Å². The molecule has 0 bridgehead atoms. The fourth-order valence-electron chi connectivity index (χ4n) is 1.64. The van der Waals surface area contributed by atoms with E-state index >= 15 is 0 Å². The molecule has 122 valence electrons. The first-order valence-electron chi connectivity index (χ1n) is 6.39. The summed E-state index contributed by atoms with van der Waals surface area (Å²) in [6.07, 6.45) is -1.65. The van der Waals surface area contributed by atoms with Crippen LogP contribution in [0, 0.1) is 11.6 Å². The number of benzene rings is 1. The topological polar surface area (TPSA) is 95.9 Å². The third-order valence-corrected chi connectivity index (χ3v) is 2.52. The summed E-state index contributed by atoms with van der Waals surface area (Å²) in [5.41, 5.74) is -1.40. The first-order chi connectivity index (χ1) is 9.99. The Kier molecular flexibility index (Phi) is 5.29. The molecule has 0 aliphatic rings. The molecule has 0 heterocycles. The van der Waals surface area contributed by atoms with Gasteiger partial charge in [-0.15, -0.1) is 0 Å². The summed E-state index contributed by atoms with van der Waals surface area (Å²) in [5, 5.41) is 20.1. The summed E-state index contributed by atoms with van der Waals surface area (Å²) >= 11 is 0. The Labute approximate surface area is 125 Å². The number of aliphatic carboxylic acids is 1. The van der Waals surface area contributed by atoms with Gasteiger partial charge >= 0.3 is 12.1 Å². The molecule has 0 saturated heterocycles. The Balaban J connectivity index is 2.90. The lowest BCUT2D eigenvalue weighted by molar-refractivity contribution is -0.139. The zero-order chi connectivity index (χ0) is 17.1. The number of halogens is 2. The quantitative estimate of drug-likeness (QED) is 0.791. The molecule has 1 atom stereocenters. The Hall–Kier alpha value is -2.38. The van der Waals surface area contributed by atoms with Crippen LogP contribution < -0.4 is 5.32 Å². The number of aromatic hydroxyl groups is 1. The summed E-state index contributed by atoms with van der Waals surface area (Å²) in [4.78, 5) is 22.7. The lowest BCUT2D eigenvalue weighted by atomic mass is 10.0. The lowest BCUT2D eigenvalue weighted by Crippen LogP contribution is -2.45. The smallest absolute Gasteiger partial charge is 0.408 e. The van der Waals surface area contributed by atoms with E-state index in [4.69, 9.17) is 14.9 Å². The minimum atomic E-state index is -1.58. The van der Waals surface area contributed by atoms with E-state index in [-0.39, 0.29) is 0 Å². The second kappa shape index (κ2) is 6.59. The fourth-order valence-corrected chi connectivity index (χ4v) is 1.64. The Bertz CT molecular complexity index is 560. The first kappa shape index (κ1) is 17.7. The summed E-state index contributed by atoms with van der Waals surface area (Å²) in [6, 6.07) is -0.265. The van der Waals surface area contributed by atoms with Crippen molar-refractivity contribution in [2.45, 2.75) is 38.8 Å². The number of ether oxygens (including phenoxy) is 1. The van der Waals surface area contributed by atoms with Crippen molar-refractivity contribution in [3.05, 3.63) is 29.3 Å². The van der Waals surface area contributed by atoms with Crippen molar-refractivity contribution in [3.63, 3.8) is 0 Å². The standard InChI is InChI=1S/C14H17F2NO5/c1-14(2,3)22-13(21)17-11(12(19)20)6-8-9(15)4-7(18)5-10(8)16/h4-5,11,18H,6H2,1-3H3,(H,17,21)(H,19,20). The third kappa shape index (κ3) is 5.19. The van der Waals surface area contributed by atoms with Crippen LogP contribution in [-0.2, 0) is 16.0 Å². The number of carboxylic acids is 1. The van der Waals surface area contributed by atoms with E-state index in [1.54, 1.807) is 20.8 Å². The van der Waals surface area contributed by atoms with Gasteiger partial charge in [0.2, 0.25) is 0 Å². The molecule has 3 N–H and O–H groups in total. The van der Waals surface area contributed by atoms with Gasteiger partial charge in [0.1, 0.15) is 29.0 Å². The molecule has 0 radical (unpaired) electrons. The molecular formula is C14H17F2NO5. The molecule has 1 aromatic carbocycles. The number of amides is 1. The highest BCUT2D eigenvalue weighted by atomic mass is 19.1. The largest absolute Gasteiger partial charge is 0.508 e. The van der Waals surface area contributed by atoms with Crippen LogP contribution in [0.5, 0.6) is 5.75 Å². The Morgan fingerprint density at radius 1 is 1.27 bits per heavy atom. The lowest BCUT2D eigenvalue weighted by Gasteiger charge is -2.22. The number of hydrogen-bond acceptors (Lipinski definition) is 4. The fraction of sp³-hybridized carbons (Fsp3) is 0.429. The van der Waals surface area contributed by atoms with Crippen LogP contribution in [-0.4, -0.2) is 33.9 Å². The van der Waals surface area contributed by atoms with Gasteiger partial charge in [-0.05, 0) is 20.8 Å². The average molecular weight is 317 g/mol. The molecule has 1 aromatic rings. The summed E-state index contributed by atoms with van der Waals surface area (Å²) < 4.78 is 32.1. The van der Waals surface area contributed by atoms with Crippen molar-refractivity contribution >= 4 is 12.1 Å². The number of carboxylic acid groups (broad SMARTS) is 1. The van der Waals surface area contributed by atoms with Crippen molar-refractivity contribution in [1.29, 1.82) is 0 Å². The van der Waals surface area contributed by atoms with E-state index < -0.39 is 53.1 Å². The highest BCUT2D eigenvalue weighted by molar-refractivity contribution is 5.80. The predicted octanol–water partition coefficient (Wildman–Crippen LogP) is 2.19. The van der Waals surface area contributed by atoms with Gasteiger partial charge in [0.05, 0.1) is 0 Å².